The van der Waals surface area contributed by atoms with Crippen molar-refractivity contribution >= 4 is 5.97 Å². The lowest BCUT2D eigenvalue weighted by Crippen LogP contribution is -2.14. The molecule has 114 valence electrons. The molecule has 0 radical (unpaired) electrons. The third-order valence-corrected chi connectivity index (χ3v) is 4.56. The summed E-state index contributed by atoms with van der Waals surface area (Å²) < 4.78 is 0. The van der Waals surface area contributed by atoms with Crippen LogP contribution in [0.1, 0.15) is 46.7 Å². The number of hydrogen-bond acceptors (Lipinski definition) is 2. The first kappa shape index (κ1) is 14.8. The average molecular weight is 295 g/mol. The Morgan fingerprint density at radius 1 is 1.14 bits per heavy atom. The Morgan fingerprint density at radius 2 is 1.86 bits per heavy atom. The molecule has 1 unspecified atom stereocenters. The van der Waals surface area contributed by atoms with E-state index in [0.717, 1.165) is 30.5 Å². The summed E-state index contributed by atoms with van der Waals surface area (Å²) in [5.74, 6) is -0.327. The molecule has 0 saturated heterocycles. The van der Waals surface area contributed by atoms with Gasteiger partial charge in [-0.25, -0.2) is 4.79 Å². The van der Waals surface area contributed by atoms with Crippen molar-refractivity contribution in [2.75, 3.05) is 6.54 Å². The quantitative estimate of drug-likeness (QED) is 0.901. The molecule has 0 spiro atoms. The SMILES string of the molecule is NCCC1CCCc2ccc(-c3ccc(C(=O)O)cc3)cc21. The predicted octanol–water partition coefficient (Wildman–Crippen LogP) is 3.82. The molecule has 1 atom stereocenters. The van der Waals surface area contributed by atoms with Crippen molar-refractivity contribution in [2.45, 2.75) is 31.6 Å². The maximum atomic E-state index is 10.9. The summed E-state index contributed by atoms with van der Waals surface area (Å²) in [6, 6.07) is 13.7. The van der Waals surface area contributed by atoms with Crippen LogP contribution in [0.4, 0.5) is 0 Å². The van der Waals surface area contributed by atoms with Gasteiger partial charge in [0, 0.05) is 0 Å². The molecule has 0 aromatic heterocycles. The van der Waals surface area contributed by atoms with E-state index in [9.17, 15) is 4.79 Å². The van der Waals surface area contributed by atoms with Crippen molar-refractivity contribution < 1.29 is 9.90 Å². The van der Waals surface area contributed by atoms with E-state index in [-0.39, 0.29) is 0 Å². The Kier molecular flexibility index (Phi) is 4.25. The molecule has 0 aliphatic heterocycles. The molecule has 22 heavy (non-hydrogen) atoms. The summed E-state index contributed by atoms with van der Waals surface area (Å²) in [4.78, 5) is 10.9. The van der Waals surface area contributed by atoms with Gasteiger partial charge in [0.2, 0.25) is 0 Å². The fourth-order valence-electron chi connectivity index (χ4n) is 3.38. The molecule has 0 amide bonds. The number of hydrogen-bond donors (Lipinski definition) is 2. The summed E-state index contributed by atoms with van der Waals surface area (Å²) in [5, 5.41) is 8.99. The number of carboxylic acids is 1. The van der Waals surface area contributed by atoms with Crippen molar-refractivity contribution in [3.05, 3.63) is 59.2 Å². The van der Waals surface area contributed by atoms with Crippen molar-refractivity contribution in [2.24, 2.45) is 5.73 Å². The Hall–Kier alpha value is -2.13. The highest BCUT2D eigenvalue weighted by Crippen LogP contribution is 2.36. The van der Waals surface area contributed by atoms with Crippen molar-refractivity contribution in [3.8, 4) is 11.1 Å². The van der Waals surface area contributed by atoms with Gasteiger partial charge in [-0.05, 0) is 72.5 Å². The minimum atomic E-state index is -0.889. The third kappa shape index (κ3) is 2.90. The highest BCUT2D eigenvalue weighted by atomic mass is 16.4. The van der Waals surface area contributed by atoms with Gasteiger partial charge in [0.25, 0.3) is 0 Å². The van der Waals surface area contributed by atoms with Crippen LogP contribution in [-0.4, -0.2) is 17.6 Å². The summed E-state index contributed by atoms with van der Waals surface area (Å²) in [6.07, 6.45) is 4.64. The molecule has 3 heteroatoms. The lowest BCUT2D eigenvalue weighted by molar-refractivity contribution is 0.0697. The zero-order valence-corrected chi connectivity index (χ0v) is 12.6. The molecule has 1 aliphatic rings. The molecule has 1 aliphatic carbocycles. The Bertz CT molecular complexity index is 676. The fraction of sp³-hybridized carbons (Fsp3) is 0.316. The average Bonchev–Trinajstić information content (AvgIpc) is 2.55. The van der Waals surface area contributed by atoms with Crippen molar-refractivity contribution in [1.29, 1.82) is 0 Å². The van der Waals surface area contributed by atoms with Crippen LogP contribution >= 0.6 is 0 Å². The molecule has 3 N–H and O–H groups in total. The van der Waals surface area contributed by atoms with Gasteiger partial charge in [-0.1, -0.05) is 30.3 Å². The molecule has 3 rings (SSSR count). The Morgan fingerprint density at radius 3 is 2.55 bits per heavy atom. The number of rotatable bonds is 4. The maximum Gasteiger partial charge on any atom is 0.335 e. The molecular formula is C19H21NO2. The smallest absolute Gasteiger partial charge is 0.335 e. The topological polar surface area (TPSA) is 63.3 Å². The molecule has 2 aromatic carbocycles. The largest absolute Gasteiger partial charge is 0.478 e. The van der Waals surface area contributed by atoms with Crippen molar-refractivity contribution in [1.82, 2.24) is 0 Å². The van der Waals surface area contributed by atoms with E-state index >= 15 is 0 Å². The van der Waals surface area contributed by atoms with E-state index in [0.29, 0.717) is 11.5 Å². The van der Waals surface area contributed by atoms with Gasteiger partial charge in [0.1, 0.15) is 0 Å². The van der Waals surface area contributed by atoms with Crippen LogP contribution in [0, 0.1) is 0 Å². The maximum absolute atomic E-state index is 10.9. The van der Waals surface area contributed by atoms with Crippen LogP contribution in [0.15, 0.2) is 42.5 Å². The van der Waals surface area contributed by atoms with E-state index in [1.807, 2.05) is 12.1 Å². The van der Waals surface area contributed by atoms with E-state index in [1.54, 1.807) is 12.1 Å². The number of nitrogens with two attached hydrogens (primary N) is 1. The number of carbonyl (C=O) groups is 1. The number of aromatic carboxylic acids is 1. The number of fused-ring (bicyclic) bond motifs is 1. The van der Waals surface area contributed by atoms with Gasteiger partial charge in [0.05, 0.1) is 5.56 Å². The van der Waals surface area contributed by atoms with E-state index in [4.69, 9.17) is 10.8 Å². The van der Waals surface area contributed by atoms with Gasteiger partial charge in [-0.2, -0.15) is 0 Å². The molecule has 0 bridgehead atoms. The van der Waals surface area contributed by atoms with Crippen LogP contribution in [0.5, 0.6) is 0 Å². The lowest BCUT2D eigenvalue weighted by Gasteiger charge is -2.26. The normalized spacial score (nSPS) is 17.0. The third-order valence-electron chi connectivity index (χ3n) is 4.56. The molecule has 0 fully saturated rings. The van der Waals surface area contributed by atoms with Crippen LogP contribution in [0.25, 0.3) is 11.1 Å². The monoisotopic (exact) mass is 295 g/mol. The van der Waals surface area contributed by atoms with E-state index in [1.165, 1.54) is 24.0 Å². The molecule has 0 heterocycles. The number of carboxylic acid groups (broad SMARTS) is 1. The minimum Gasteiger partial charge on any atom is -0.478 e. The number of benzene rings is 2. The summed E-state index contributed by atoms with van der Waals surface area (Å²) >= 11 is 0. The highest BCUT2D eigenvalue weighted by Gasteiger charge is 2.20. The highest BCUT2D eigenvalue weighted by molar-refractivity contribution is 5.88. The van der Waals surface area contributed by atoms with Gasteiger partial charge in [0.15, 0.2) is 0 Å². The molecule has 3 nitrogen and oxygen atoms in total. The Labute approximate surface area is 130 Å². The van der Waals surface area contributed by atoms with Crippen LogP contribution in [0.2, 0.25) is 0 Å². The summed E-state index contributed by atoms with van der Waals surface area (Å²) in [7, 11) is 0. The van der Waals surface area contributed by atoms with Gasteiger partial charge in [-0.3, -0.25) is 0 Å². The van der Waals surface area contributed by atoms with Crippen molar-refractivity contribution in [3.63, 3.8) is 0 Å². The Balaban J connectivity index is 1.95. The van der Waals surface area contributed by atoms with E-state index < -0.39 is 5.97 Å². The van der Waals surface area contributed by atoms with Gasteiger partial charge >= 0.3 is 5.97 Å². The molecular weight excluding hydrogens is 274 g/mol. The predicted molar refractivity (Wildman–Crippen MR) is 88.2 cm³/mol. The molecule has 2 aromatic rings. The zero-order valence-electron chi connectivity index (χ0n) is 12.6. The second kappa shape index (κ2) is 6.32. The molecule has 0 saturated carbocycles. The van der Waals surface area contributed by atoms with Crippen LogP contribution in [0.3, 0.4) is 0 Å². The summed E-state index contributed by atoms with van der Waals surface area (Å²) in [5.41, 5.74) is 11.2. The summed E-state index contributed by atoms with van der Waals surface area (Å²) in [6.45, 7) is 0.724. The minimum absolute atomic E-state index is 0.322. The van der Waals surface area contributed by atoms with E-state index in [2.05, 4.69) is 18.2 Å². The standard InChI is InChI=1S/C19H21NO2/c20-11-10-15-3-1-2-14-6-9-17(12-18(14)15)13-4-7-16(8-5-13)19(21)22/h4-9,12,15H,1-3,10-11,20H2,(H,21,22). The first-order valence-electron chi connectivity index (χ1n) is 7.85. The second-order valence-electron chi connectivity index (χ2n) is 5.96. The van der Waals surface area contributed by atoms with Crippen LogP contribution < -0.4 is 5.73 Å². The van der Waals surface area contributed by atoms with Crippen LogP contribution in [-0.2, 0) is 6.42 Å². The zero-order chi connectivity index (χ0) is 15.5. The first-order chi connectivity index (χ1) is 10.7. The van der Waals surface area contributed by atoms with Gasteiger partial charge in [-0.15, -0.1) is 0 Å². The lowest BCUT2D eigenvalue weighted by atomic mass is 9.80. The van der Waals surface area contributed by atoms with Gasteiger partial charge < -0.3 is 10.8 Å². The second-order valence-corrected chi connectivity index (χ2v) is 5.96. The first-order valence-corrected chi connectivity index (χ1v) is 7.85. The fourth-order valence-corrected chi connectivity index (χ4v) is 3.38. The number of aryl methyl sites for hydroxylation is 1.